The normalized spacial score (nSPS) is 16.3. The van der Waals surface area contributed by atoms with E-state index < -0.39 is 5.60 Å². The number of piperidine rings is 1. The van der Waals surface area contributed by atoms with Gasteiger partial charge >= 0.3 is 5.97 Å². The molecule has 7 rings (SSSR count). The van der Waals surface area contributed by atoms with Gasteiger partial charge in [-0.1, -0.05) is 29.8 Å². The highest BCUT2D eigenvalue weighted by atomic mass is 35.5. The fourth-order valence-electron chi connectivity index (χ4n) is 6.41. The van der Waals surface area contributed by atoms with Gasteiger partial charge in [0.15, 0.2) is 0 Å². The zero-order chi connectivity index (χ0) is 36.4. The van der Waals surface area contributed by atoms with Crippen LogP contribution in [-0.4, -0.2) is 78.3 Å². The van der Waals surface area contributed by atoms with Crippen LogP contribution in [0.5, 0.6) is 5.75 Å². The molecule has 50 heavy (non-hydrogen) atoms. The summed E-state index contributed by atoms with van der Waals surface area (Å²) in [6.45, 7) is 16.1. The third-order valence-electron chi connectivity index (χ3n) is 9.11. The number of imidazole rings is 1. The average Bonchev–Trinajstić information content (AvgIpc) is 3.39. The number of ether oxygens (including phenoxy) is 4. The Hall–Kier alpha value is -3.70. The molecule has 2 aromatic carbocycles. The van der Waals surface area contributed by atoms with Gasteiger partial charge in [0.1, 0.15) is 40.5 Å². The Morgan fingerprint density at radius 2 is 1.70 bits per heavy atom. The SMILES string of the molecule is CC(C)(C)O.COC(=O)Cc1c(C)c(C)c2nc3c(Cl)n2c1N1CCC(C)(CC1)OCCOCCOc1cc(C)cc(F)c1-c1cccc-3c1. The number of pyridine rings is 1. The molecule has 0 saturated carbocycles. The first-order chi connectivity index (χ1) is 23.6. The van der Waals surface area contributed by atoms with Crippen LogP contribution in [0.25, 0.3) is 28.0 Å². The maximum absolute atomic E-state index is 15.6. The monoisotopic (exact) mass is 709 g/mol. The van der Waals surface area contributed by atoms with Crippen molar-refractivity contribution in [1.29, 1.82) is 0 Å². The van der Waals surface area contributed by atoms with Crippen molar-refractivity contribution in [2.45, 2.75) is 78.9 Å². The number of aliphatic hydroxyl groups is 1. The van der Waals surface area contributed by atoms with Crippen molar-refractivity contribution in [3.8, 4) is 28.1 Å². The summed E-state index contributed by atoms with van der Waals surface area (Å²) in [5.41, 5.74) is 5.71. The lowest BCUT2D eigenvalue weighted by molar-refractivity contribution is -0.139. The molecule has 9 nitrogen and oxygen atoms in total. The first-order valence-corrected chi connectivity index (χ1v) is 17.5. The highest BCUT2D eigenvalue weighted by molar-refractivity contribution is 6.32. The zero-order valence-corrected chi connectivity index (χ0v) is 31.2. The molecule has 3 aliphatic rings. The van der Waals surface area contributed by atoms with Crippen LogP contribution in [0, 0.1) is 26.6 Å². The van der Waals surface area contributed by atoms with Gasteiger partial charge in [-0.05, 0) is 102 Å². The number of rotatable bonds is 2. The molecule has 0 unspecified atom stereocenters. The van der Waals surface area contributed by atoms with Crippen molar-refractivity contribution in [3.05, 3.63) is 69.6 Å². The molecule has 1 fully saturated rings. The Morgan fingerprint density at radius 3 is 2.38 bits per heavy atom. The van der Waals surface area contributed by atoms with Gasteiger partial charge in [0.2, 0.25) is 0 Å². The maximum Gasteiger partial charge on any atom is 0.310 e. The molecule has 3 aliphatic heterocycles. The Labute approximate surface area is 299 Å². The molecule has 2 aromatic heterocycles. The van der Waals surface area contributed by atoms with E-state index in [-0.39, 0.29) is 30.4 Å². The van der Waals surface area contributed by atoms with Crippen molar-refractivity contribution in [2.75, 3.05) is 51.5 Å². The van der Waals surface area contributed by atoms with Crippen LogP contribution in [0.2, 0.25) is 5.15 Å². The Morgan fingerprint density at radius 1 is 1.04 bits per heavy atom. The summed E-state index contributed by atoms with van der Waals surface area (Å²) in [4.78, 5) is 20.0. The number of carbonyl (C=O) groups is 1. The molecule has 0 radical (unpaired) electrons. The number of anilines is 1. The van der Waals surface area contributed by atoms with Gasteiger partial charge in [-0.25, -0.2) is 9.37 Å². The summed E-state index contributed by atoms with van der Waals surface area (Å²) in [6.07, 6.45) is 1.67. The van der Waals surface area contributed by atoms with E-state index in [1.807, 2.05) is 55.5 Å². The fraction of sp³-hybridized carbons (Fsp3) is 0.487. The minimum Gasteiger partial charge on any atom is -0.490 e. The highest BCUT2D eigenvalue weighted by Gasteiger charge is 2.34. The number of fused-ring (bicyclic) bond motifs is 8. The van der Waals surface area contributed by atoms with Crippen molar-refractivity contribution in [3.63, 3.8) is 0 Å². The van der Waals surface area contributed by atoms with Crippen LogP contribution >= 0.6 is 11.6 Å². The topological polar surface area (TPSA) is 94.8 Å². The number of carbonyl (C=O) groups excluding carboxylic acids is 1. The van der Waals surface area contributed by atoms with Crippen LogP contribution in [0.15, 0.2) is 36.4 Å². The molecule has 1 N–H and O–H groups in total. The van der Waals surface area contributed by atoms with Crippen LogP contribution in [0.4, 0.5) is 10.2 Å². The van der Waals surface area contributed by atoms with Gasteiger partial charge in [0.05, 0.1) is 50.1 Å². The van der Waals surface area contributed by atoms with Crippen LogP contribution < -0.4 is 9.64 Å². The minimum atomic E-state index is -0.500. The van der Waals surface area contributed by atoms with E-state index >= 15 is 4.39 Å². The number of aromatic nitrogens is 2. The average molecular weight is 710 g/mol. The quantitative estimate of drug-likeness (QED) is 0.168. The second kappa shape index (κ2) is 15.3. The summed E-state index contributed by atoms with van der Waals surface area (Å²) >= 11 is 7.27. The van der Waals surface area contributed by atoms with E-state index in [1.54, 1.807) is 20.8 Å². The summed E-state index contributed by atoms with van der Waals surface area (Å²) in [7, 11) is 1.40. The molecule has 0 atom stereocenters. The molecule has 270 valence electrons. The van der Waals surface area contributed by atoms with Crippen molar-refractivity contribution in [2.24, 2.45) is 0 Å². The molecule has 11 heteroatoms. The van der Waals surface area contributed by atoms with E-state index in [9.17, 15) is 4.79 Å². The van der Waals surface area contributed by atoms with Crippen molar-refractivity contribution >= 4 is 29.0 Å². The smallest absolute Gasteiger partial charge is 0.310 e. The Balaban J connectivity index is 0.000000908. The van der Waals surface area contributed by atoms with Gasteiger partial charge in [-0.3, -0.25) is 9.20 Å². The van der Waals surface area contributed by atoms with Gasteiger partial charge < -0.3 is 29.0 Å². The predicted octanol–water partition coefficient (Wildman–Crippen LogP) is 7.66. The predicted molar refractivity (Wildman–Crippen MR) is 195 cm³/mol. The van der Waals surface area contributed by atoms with E-state index in [1.165, 1.54) is 13.2 Å². The van der Waals surface area contributed by atoms with Gasteiger partial charge in [-0.15, -0.1) is 0 Å². The largest absolute Gasteiger partial charge is 0.490 e. The fourth-order valence-corrected chi connectivity index (χ4v) is 6.72. The van der Waals surface area contributed by atoms with E-state index in [0.29, 0.717) is 66.3 Å². The minimum absolute atomic E-state index is 0.102. The number of nitrogens with zero attached hydrogens (tertiary/aromatic N) is 3. The number of halogens is 2. The third-order valence-corrected chi connectivity index (χ3v) is 9.46. The number of hydrogen-bond acceptors (Lipinski definition) is 8. The molecular formula is C39H49ClFN3O6. The highest BCUT2D eigenvalue weighted by Crippen LogP contribution is 2.41. The standard InChI is InChI=1S/C35H39ClFN3O5.C4H10O/c1-21-17-27(37)30-24-7-6-8-25(19-24)31-32(36)40-33(38-31)23(3)22(2)26(20-29(41)42-5)34(40)39-11-9-35(4,10-12-39)45-16-14-43-13-15-44-28(30)18-21;1-4(2,3)5/h6-8,17-19H,9-16,20H2,1-5H3;5H,1-3H3. The van der Waals surface area contributed by atoms with Gasteiger partial charge in [0.25, 0.3) is 0 Å². The molecule has 0 amide bonds. The molecule has 0 spiro atoms. The second-order valence-electron chi connectivity index (χ2n) is 14.3. The summed E-state index contributed by atoms with van der Waals surface area (Å²) in [5.74, 6) is 0.572. The van der Waals surface area contributed by atoms with Crippen molar-refractivity contribution < 1.29 is 33.2 Å². The molecular weight excluding hydrogens is 661 g/mol. The third kappa shape index (κ3) is 8.42. The zero-order valence-electron chi connectivity index (χ0n) is 30.4. The van der Waals surface area contributed by atoms with Crippen molar-refractivity contribution in [1.82, 2.24) is 9.38 Å². The lowest BCUT2D eigenvalue weighted by Crippen LogP contribution is -2.45. The molecule has 5 heterocycles. The lowest BCUT2D eigenvalue weighted by atomic mass is 9.92. The second-order valence-corrected chi connectivity index (χ2v) is 14.7. The molecule has 4 aromatic rings. The number of esters is 1. The van der Waals surface area contributed by atoms with Gasteiger partial charge in [-0.2, -0.15) is 0 Å². The van der Waals surface area contributed by atoms with Crippen LogP contribution in [-0.2, 0) is 25.4 Å². The lowest BCUT2D eigenvalue weighted by Gasteiger charge is -2.41. The first-order valence-electron chi connectivity index (χ1n) is 17.1. The summed E-state index contributed by atoms with van der Waals surface area (Å²) in [5, 5.41) is 8.94. The number of aryl methyl sites for hydroxylation is 2. The summed E-state index contributed by atoms with van der Waals surface area (Å²) in [6, 6.07) is 10.9. The Kier molecular flexibility index (Phi) is 11.5. The number of benzene rings is 2. The van der Waals surface area contributed by atoms with E-state index in [2.05, 4.69) is 11.8 Å². The van der Waals surface area contributed by atoms with E-state index in [4.69, 9.17) is 40.6 Å². The summed E-state index contributed by atoms with van der Waals surface area (Å²) < 4.78 is 40.9. The van der Waals surface area contributed by atoms with E-state index in [0.717, 1.165) is 46.5 Å². The number of methoxy groups -OCH3 is 1. The maximum atomic E-state index is 15.6. The molecule has 0 aliphatic carbocycles. The van der Waals surface area contributed by atoms with Crippen LogP contribution in [0.3, 0.4) is 0 Å². The Bertz CT molecular complexity index is 1850. The molecule has 6 bridgehead atoms. The molecule has 1 saturated heterocycles. The first kappa shape index (κ1) is 37.6. The number of hydrogen-bond donors (Lipinski definition) is 1. The van der Waals surface area contributed by atoms with Gasteiger partial charge in [0, 0.05) is 24.2 Å². The van der Waals surface area contributed by atoms with Crippen LogP contribution in [0.1, 0.15) is 62.8 Å².